The molecule has 0 rings (SSSR count). The highest BCUT2D eigenvalue weighted by molar-refractivity contribution is 5.85. The molecule has 0 spiro atoms. The van der Waals surface area contributed by atoms with Gasteiger partial charge in [-0.25, -0.2) is 0 Å². The first kappa shape index (κ1) is 16.5. The van der Waals surface area contributed by atoms with Gasteiger partial charge in [0.25, 0.3) is 0 Å². The maximum Gasteiger partial charge on any atom is 0.307 e. The lowest BCUT2D eigenvalue weighted by atomic mass is 10.4. The van der Waals surface area contributed by atoms with Gasteiger partial charge in [-0.2, -0.15) is 0 Å². The summed E-state index contributed by atoms with van der Waals surface area (Å²) in [7, 11) is 0. The van der Waals surface area contributed by atoms with E-state index in [9.17, 15) is 4.79 Å². The summed E-state index contributed by atoms with van der Waals surface area (Å²) in [6, 6.07) is 0. The van der Waals surface area contributed by atoms with Crippen molar-refractivity contribution in [1.82, 2.24) is 0 Å². The summed E-state index contributed by atoms with van der Waals surface area (Å²) < 4.78 is 4.56. The number of nitrogens with two attached hydrogens (primary N) is 1. The Balaban J connectivity index is -0.000000245. The molecule has 10 heavy (non-hydrogen) atoms. The predicted molar refractivity (Wildman–Crippen MR) is 44.8 cm³/mol. The van der Waals surface area contributed by atoms with Crippen molar-refractivity contribution in [2.24, 2.45) is 5.73 Å². The monoisotopic (exact) mass is 189 g/mol. The van der Waals surface area contributed by atoms with Gasteiger partial charge in [-0.05, 0) is 6.92 Å². The van der Waals surface area contributed by atoms with Gasteiger partial charge in [0.15, 0.2) is 0 Å². The van der Waals surface area contributed by atoms with Crippen LogP contribution < -0.4 is 5.73 Å². The van der Waals surface area contributed by atoms with Gasteiger partial charge in [0, 0.05) is 6.54 Å². The van der Waals surface area contributed by atoms with Gasteiger partial charge < -0.3 is 10.5 Å². The number of rotatable bonds is 3. The van der Waals surface area contributed by atoms with Crippen molar-refractivity contribution in [2.75, 3.05) is 13.2 Å². The van der Waals surface area contributed by atoms with Crippen LogP contribution in [0.2, 0.25) is 0 Å². The molecule has 0 fully saturated rings. The number of esters is 1. The average molecular weight is 190 g/mol. The molecule has 5 heteroatoms. The standard InChI is InChI=1S/C5H11NO2.2ClH/c1-2-8-5(7)3-4-6;;/h2-4,6H2,1H3;2*1H. The minimum atomic E-state index is -0.213. The maximum absolute atomic E-state index is 10.3. The number of halogens is 2. The van der Waals surface area contributed by atoms with Gasteiger partial charge in [-0.15, -0.1) is 24.8 Å². The third-order valence-electron chi connectivity index (χ3n) is 0.654. The first-order valence-corrected chi connectivity index (χ1v) is 2.67. The fourth-order valence-electron chi connectivity index (χ4n) is 0.351. The summed E-state index contributed by atoms with van der Waals surface area (Å²) >= 11 is 0. The van der Waals surface area contributed by atoms with Crippen LogP contribution in [0.25, 0.3) is 0 Å². The summed E-state index contributed by atoms with van der Waals surface area (Å²) in [4.78, 5) is 10.3. The number of carbonyl (C=O) groups excluding carboxylic acids is 1. The van der Waals surface area contributed by atoms with Crippen LogP contribution in [0.15, 0.2) is 0 Å². The second kappa shape index (κ2) is 11.8. The third kappa shape index (κ3) is 10.9. The van der Waals surface area contributed by atoms with E-state index in [1.807, 2.05) is 0 Å². The second-order valence-corrected chi connectivity index (χ2v) is 1.34. The van der Waals surface area contributed by atoms with Crippen LogP contribution >= 0.6 is 24.8 Å². The Hall–Kier alpha value is 0.01000. The molecule has 0 unspecified atom stereocenters. The average Bonchev–Trinajstić information content (AvgIpc) is 1.68. The van der Waals surface area contributed by atoms with Crippen molar-refractivity contribution < 1.29 is 9.53 Å². The molecule has 0 aromatic carbocycles. The van der Waals surface area contributed by atoms with Crippen LogP contribution in [-0.4, -0.2) is 19.1 Å². The van der Waals surface area contributed by atoms with E-state index >= 15 is 0 Å². The first-order chi connectivity index (χ1) is 3.81. The molecule has 0 aliphatic rings. The van der Waals surface area contributed by atoms with Gasteiger partial charge in [-0.1, -0.05) is 0 Å². The Morgan fingerprint density at radius 3 is 2.30 bits per heavy atom. The molecule has 0 saturated carbocycles. The third-order valence-corrected chi connectivity index (χ3v) is 0.654. The fourth-order valence-corrected chi connectivity index (χ4v) is 0.351. The van der Waals surface area contributed by atoms with Gasteiger partial charge in [0.2, 0.25) is 0 Å². The highest BCUT2D eigenvalue weighted by Gasteiger charge is 1.95. The molecule has 0 amide bonds. The summed E-state index contributed by atoms with van der Waals surface area (Å²) in [6.45, 7) is 2.59. The Bertz CT molecular complexity index is 72.0. The van der Waals surface area contributed by atoms with Crippen LogP contribution in [0.3, 0.4) is 0 Å². The van der Waals surface area contributed by atoms with Crippen LogP contribution in [0.5, 0.6) is 0 Å². The zero-order chi connectivity index (χ0) is 6.41. The van der Waals surface area contributed by atoms with Gasteiger partial charge in [-0.3, -0.25) is 4.79 Å². The SMILES string of the molecule is CCOC(=O)CCN.Cl.Cl. The van der Waals surface area contributed by atoms with Crippen molar-refractivity contribution in [2.45, 2.75) is 13.3 Å². The number of hydrogen-bond acceptors (Lipinski definition) is 3. The maximum atomic E-state index is 10.3. The van der Waals surface area contributed by atoms with Crippen LogP contribution in [0, 0.1) is 0 Å². The Morgan fingerprint density at radius 1 is 1.50 bits per heavy atom. The molecule has 0 saturated heterocycles. The smallest absolute Gasteiger partial charge is 0.307 e. The minimum Gasteiger partial charge on any atom is -0.466 e. The minimum absolute atomic E-state index is 0. The van der Waals surface area contributed by atoms with E-state index in [-0.39, 0.29) is 30.8 Å². The van der Waals surface area contributed by atoms with Crippen LogP contribution in [0.4, 0.5) is 0 Å². The molecular weight excluding hydrogens is 177 g/mol. The van der Waals surface area contributed by atoms with Crippen molar-refractivity contribution in [1.29, 1.82) is 0 Å². The molecule has 64 valence electrons. The quantitative estimate of drug-likeness (QED) is 0.667. The van der Waals surface area contributed by atoms with Gasteiger partial charge in [0.05, 0.1) is 13.0 Å². The molecule has 2 N–H and O–H groups in total. The predicted octanol–water partition coefficient (Wildman–Crippen LogP) is 0.742. The molecule has 0 radical (unpaired) electrons. The van der Waals surface area contributed by atoms with Crippen molar-refractivity contribution in [3.63, 3.8) is 0 Å². The molecule has 0 aromatic heterocycles. The Kier molecular flexibility index (Phi) is 19.5. The van der Waals surface area contributed by atoms with E-state index in [0.29, 0.717) is 19.6 Å². The van der Waals surface area contributed by atoms with E-state index in [2.05, 4.69) is 4.74 Å². The largest absolute Gasteiger partial charge is 0.466 e. The second-order valence-electron chi connectivity index (χ2n) is 1.34. The van der Waals surface area contributed by atoms with Crippen LogP contribution in [-0.2, 0) is 9.53 Å². The lowest BCUT2D eigenvalue weighted by Gasteiger charge is -1.96. The summed E-state index contributed by atoms with van der Waals surface area (Å²) in [5.74, 6) is -0.213. The van der Waals surface area contributed by atoms with E-state index in [1.165, 1.54) is 0 Å². The number of ether oxygens (including phenoxy) is 1. The van der Waals surface area contributed by atoms with Crippen molar-refractivity contribution in [3.05, 3.63) is 0 Å². The van der Waals surface area contributed by atoms with E-state index in [1.54, 1.807) is 6.92 Å². The Morgan fingerprint density at radius 2 is 2.00 bits per heavy atom. The highest BCUT2D eigenvalue weighted by atomic mass is 35.5. The van der Waals surface area contributed by atoms with Gasteiger partial charge >= 0.3 is 5.97 Å². The lowest BCUT2D eigenvalue weighted by molar-refractivity contribution is -0.142. The molecule has 0 aromatic rings. The van der Waals surface area contributed by atoms with Crippen molar-refractivity contribution >= 4 is 30.8 Å². The molecule has 0 bridgehead atoms. The zero-order valence-corrected chi connectivity index (χ0v) is 7.46. The summed E-state index contributed by atoms with van der Waals surface area (Å²) in [6.07, 6.45) is 0.327. The summed E-state index contributed by atoms with van der Waals surface area (Å²) in [5.41, 5.74) is 5.06. The van der Waals surface area contributed by atoms with E-state index < -0.39 is 0 Å². The highest BCUT2D eigenvalue weighted by Crippen LogP contribution is 1.80. The molecule has 0 atom stereocenters. The van der Waals surface area contributed by atoms with E-state index in [4.69, 9.17) is 5.73 Å². The normalized spacial score (nSPS) is 7.00. The van der Waals surface area contributed by atoms with E-state index in [0.717, 1.165) is 0 Å². The fraction of sp³-hybridized carbons (Fsp3) is 0.800. The molecular formula is C5H13Cl2NO2. The lowest BCUT2D eigenvalue weighted by Crippen LogP contribution is -2.10. The van der Waals surface area contributed by atoms with Crippen molar-refractivity contribution in [3.8, 4) is 0 Å². The molecule has 0 heterocycles. The first-order valence-electron chi connectivity index (χ1n) is 2.67. The Labute approximate surface area is 73.1 Å². The summed E-state index contributed by atoms with van der Waals surface area (Å²) in [5, 5.41) is 0. The zero-order valence-electron chi connectivity index (χ0n) is 5.83. The number of carbonyl (C=O) groups is 1. The molecule has 3 nitrogen and oxygen atoms in total. The number of hydrogen-bond donors (Lipinski definition) is 1. The molecule has 0 aliphatic carbocycles. The van der Waals surface area contributed by atoms with Crippen LogP contribution in [0.1, 0.15) is 13.3 Å². The van der Waals surface area contributed by atoms with Gasteiger partial charge in [0.1, 0.15) is 0 Å². The topological polar surface area (TPSA) is 52.3 Å². The molecule has 0 aliphatic heterocycles.